The zero-order valence-electron chi connectivity index (χ0n) is 16.6. The zero-order chi connectivity index (χ0) is 19.7. The molecule has 28 heavy (non-hydrogen) atoms. The fraction of sp³-hybridized carbons (Fsp3) is 0.545. The largest absolute Gasteiger partial charge is 0.392 e. The van der Waals surface area contributed by atoms with Crippen molar-refractivity contribution >= 4 is 5.91 Å². The Kier molecular flexibility index (Phi) is 5.51. The molecule has 0 bridgehead atoms. The first-order valence-electron chi connectivity index (χ1n) is 10.3. The Hall–Kier alpha value is -2.18. The quantitative estimate of drug-likeness (QED) is 0.851. The molecule has 2 N–H and O–H groups in total. The average molecular weight is 383 g/mol. The molecule has 6 nitrogen and oxygen atoms in total. The highest BCUT2D eigenvalue weighted by molar-refractivity contribution is 5.94. The van der Waals surface area contributed by atoms with Crippen LogP contribution in [0.5, 0.6) is 0 Å². The molecule has 3 heterocycles. The number of carbonyl (C=O) groups excluding carboxylic acids is 1. The average Bonchev–Trinajstić information content (AvgIpc) is 3.12. The van der Waals surface area contributed by atoms with Crippen molar-refractivity contribution in [2.24, 2.45) is 5.92 Å². The smallest absolute Gasteiger partial charge is 0.274 e. The van der Waals surface area contributed by atoms with Crippen LogP contribution in [0, 0.1) is 5.92 Å². The maximum atomic E-state index is 13.1. The molecule has 2 atom stereocenters. The van der Waals surface area contributed by atoms with E-state index in [1.54, 1.807) is 0 Å². The van der Waals surface area contributed by atoms with E-state index in [-0.39, 0.29) is 24.7 Å². The molecule has 150 valence electrons. The number of piperidine rings is 1. The van der Waals surface area contributed by atoms with Gasteiger partial charge in [0.2, 0.25) is 0 Å². The molecular formula is C22H29N3O3. The maximum absolute atomic E-state index is 13.1. The molecule has 0 unspecified atom stereocenters. The van der Waals surface area contributed by atoms with E-state index < -0.39 is 0 Å². The topological polar surface area (TPSA) is 78.5 Å². The minimum Gasteiger partial charge on any atom is -0.392 e. The van der Waals surface area contributed by atoms with Gasteiger partial charge >= 0.3 is 0 Å². The number of nitrogens with zero attached hydrogens (tertiary/aromatic N) is 2. The monoisotopic (exact) mass is 383 g/mol. The molecule has 2 aliphatic heterocycles. The molecule has 0 aliphatic carbocycles. The van der Waals surface area contributed by atoms with Crippen LogP contribution >= 0.6 is 0 Å². The van der Waals surface area contributed by atoms with Crippen LogP contribution in [-0.2, 0) is 24.2 Å². The number of fused-ring (bicyclic) bond motifs is 1. The first-order valence-corrected chi connectivity index (χ1v) is 10.3. The Balaban J connectivity index is 1.40. The standard InChI is InChI=1S/C22H29N3O3/c1-14-11-19-20(15(2)28-14)23-24-21(19)22(27)25-9-7-16(8-10-25)12-17-5-3-4-6-18(17)13-26/h3-6,14-16,26H,7-13H2,1-2H3,(H,23,24)/t14-,15+/m1/s1. The molecule has 1 fully saturated rings. The number of ether oxygens (including phenoxy) is 1. The number of amides is 1. The van der Waals surface area contributed by atoms with Crippen molar-refractivity contribution in [2.45, 2.75) is 58.3 Å². The maximum Gasteiger partial charge on any atom is 0.274 e. The second kappa shape index (κ2) is 8.05. The van der Waals surface area contributed by atoms with Gasteiger partial charge in [-0.15, -0.1) is 0 Å². The van der Waals surface area contributed by atoms with E-state index >= 15 is 0 Å². The van der Waals surface area contributed by atoms with E-state index in [9.17, 15) is 9.90 Å². The Morgan fingerprint density at radius 1 is 1.25 bits per heavy atom. The molecule has 0 radical (unpaired) electrons. The number of benzene rings is 1. The third-order valence-corrected chi connectivity index (χ3v) is 6.14. The lowest BCUT2D eigenvalue weighted by molar-refractivity contribution is -0.00703. The van der Waals surface area contributed by atoms with E-state index in [0.29, 0.717) is 11.6 Å². The van der Waals surface area contributed by atoms with E-state index in [1.165, 1.54) is 5.56 Å². The van der Waals surface area contributed by atoms with Crippen molar-refractivity contribution in [3.8, 4) is 0 Å². The van der Waals surface area contributed by atoms with Gasteiger partial charge in [-0.25, -0.2) is 0 Å². The summed E-state index contributed by atoms with van der Waals surface area (Å²) in [4.78, 5) is 15.0. The highest BCUT2D eigenvalue weighted by Gasteiger charge is 2.32. The predicted molar refractivity (Wildman–Crippen MR) is 106 cm³/mol. The Bertz CT molecular complexity index is 839. The first kappa shape index (κ1) is 19.2. The molecule has 1 aromatic heterocycles. The summed E-state index contributed by atoms with van der Waals surface area (Å²) in [6.07, 6.45) is 3.70. The molecule has 6 heteroatoms. The van der Waals surface area contributed by atoms with Crippen molar-refractivity contribution in [1.29, 1.82) is 0 Å². The fourth-order valence-electron chi connectivity index (χ4n) is 4.56. The van der Waals surface area contributed by atoms with Gasteiger partial charge in [0.05, 0.1) is 24.5 Å². The molecule has 2 aliphatic rings. The molecule has 0 spiro atoms. The van der Waals surface area contributed by atoms with Crippen LogP contribution in [0.3, 0.4) is 0 Å². The van der Waals surface area contributed by atoms with E-state index in [2.05, 4.69) is 16.3 Å². The number of hydrogen-bond acceptors (Lipinski definition) is 4. The van der Waals surface area contributed by atoms with Crippen LogP contribution in [0.15, 0.2) is 24.3 Å². The van der Waals surface area contributed by atoms with Crippen molar-refractivity contribution in [2.75, 3.05) is 13.1 Å². The van der Waals surface area contributed by atoms with Gasteiger partial charge in [-0.3, -0.25) is 9.89 Å². The van der Waals surface area contributed by atoms with E-state index in [0.717, 1.165) is 55.6 Å². The highest BCUT2D eigenvalue weighted by atomic mass is 16.5. The van der Waals surface area contributed by atoms with Crippen LogP contribution < -0.4 is 0 Å². The first-order chi connectivity index (χ1) is 13.6. The second-order valence-corrected chi connectivity index (χ2v) is 8.12. The van der Waals surface area contributed by atoms with E-state index in [1.807, 2.05) is 36.9 Å². The molecule has 1 aromatic carbocycles. The summed E-state index contributed by atoms with van der Waals surface area (Å²) in [5.41, 5.74) is 4.77. The summed E-state index contributed by atoms with van der Waals surface area (Å²) in [6, 6.07) is 8.08. The highest BCUT2D eigenvalue weighted by Crippen LogP contribution is 2.31. The summed E-state index contributed by atoms with van der Waals surface area (Å²) < 4.78 is 5.83. The van der Waals surface area contributed by atoms with Gasteiger partial charge in [-0.05, 0) is 50.2 Å². The number of nitrogens with one attached hydrogen (secondary N) is 1. The Labute approximate surface area is 165 Å². The number of H-pyrrole nitrogens is 1. The van der Waals surface area contributed by atoms with Crippen LogP contribution in [0.1, 0.15) is 65.7 Å². The SMILES string of the molecule is C[C@@H]1Cc2c(C(=O)N3CCC(Cc4ccccc4CO)CC3)n[nH]c2[C@H](C)O1. The number of hydrogen-bond donors (Lipinski definition) is 2. The number of aromatic amines is 1. The summed E-state index contributed by atoms with van der Waals surface area (Å²) in [5.74, 6) is 0.575. The summed E-state index contributed by atoms with van der Waals surface area (Å²) in [7, 11) is 0. The lowest BCUT2D eigenvalue weighted by atomic mass is 9.88. The third kappa shape index (κ3) is 3.71. The lowest BCUT2D eigenvalue weighted by Crippen LogP contribution is -2.39. The number of aromatic nitrogens is 2. The number of aliphatic hydroxyl groups is 1. The summed E-state index contributed by atoms with van der Waals surface area (Å²) in [6.45, 7) is 5.63. The van der Waals surface area contributed by atoms with Crippen LogP contribution in [-0.4, -0.2) is 45.3 Å². The molecule has 1 amide bonds. The van der Waals surface area contributed by atoms with Crippen LogP contribution in [0.25, 0.3) is 0 Å². The van der Waals surface area contributed by atoms with Gasteiger partial charge in [0, 0.05) is 25.1 Å². The van der Waals surface area contributed by atoms with Gasteiger partial charge in [0.15, 0.2) is 5.69 Å². The minimum atomic E-state index is -0.0508. The second-order valence-electron chi connectivity index (χ2n) is 8.12. The van der Waals surface area contributed by atoms with Crippen LogP contribution in [0.2, 0.25) is 0 Å². The molecule has 2 aromatic rings. The minimum absolute atomic E-state index is 0.0352. The van der Waals surface area contributed by atoms with Gasteiger partial charge in [0.1, 0.15) is 0 Å². The van der Waals surface area contributed by atoms with Gasteiger partial charge in [0.25, 0.3) is 5.91 Å². The Morgan fingerprint density at radius 3 is 2.68 bits per heavy atom. The zero-order valence-corrected chi connectivity index (χ0v) is 16.6. The summed E-state index contributed by atoms with van der Waals surface area (Å²) >= 11 is 0. The predicted octanol–water partition coefficient (Wildman–Crippen LogP) is 3.02. The fourth-order valence-corrected chi connectivity index (χ4v) is 4.56. The molecule has 4 rings (SSSR count). The number of carbonyl (C=O) groups is 1. The lowest BCUT2D eigenvalue weighted by Gasteiger charge is -2.32. The van der Waals surface area contributed by atoms with Crippen molar-refractivity contribution in [3.63, 3.8) is 0 Å². The van der Waals surface area contributed by atoms with Crippen molar-refractivity contribution in [3.05, 3.63) is 52.3 Å². The number of likely N-dealkylation sites (tertiary alicyclic amines) is 1. The van der Waals surface area contributed by atoms with Gasteiger partial charge in [-0.1, -0.05) is 24.3 Å². The molecule has 0 saturated carbocycles. The number of rotatable bonds is 4. The number of aliphatic hydroxyl groups excluding tert-OH is 1. The molecular weight excluding hydrogens is 354 g/mol. The van der Waals surface area contributed by atoms with Crippen LogP contribution in [0.4, 0.5) is 0 Å². The summed E-state index contributed by atoms with van der Waals surface area (Å²) in [5, 5.41) is 16.9. The van der Waals surface area contributed by atoms with Gasteiger partial charge < -0.3 is 14.7 Å². The normalized spacial score (nSPS) is 22.9. The molecule has 1 saturated heterocycles. The Morgan fingerprint density at radius 2 is 1.96 bits per heavy atom. The van der Waals surface area contributed by atoms with Crippen molar-refractivity contribution in [1.82, 2.24) is 15.1 Å². The van der Waals surface area contributed by atoms with Crippen molar-refractivity contribution < 1.29 is 14.6 Å². The van der Waals surface area contributed by atoms with Gasteiger partial charge in [-0.2, -0.15) is 5.10 Å². The van der Waals surface area contributed by atoms with E-state index in [4.69, 9.17) is 4.74 Å². The third-order valence-electron chi connectivity index (χ3n) is 6.14.